The highest BCUT2D eigenvalue weighted by Gasteiger charge is 2.21. The van der Waals surface area contributed by atoms with Crippen LogP contribution in [0.15, 0.2) is 33.0 Å². The molecule has 9 nitrogen and oxygen atoms in total. The number of aromatic nitrogens is 2. The molecule has 0 bridgehead atoms. The van der Waals surface area contributed by atoms with Crippen LogP contribution in [0.4, 0.5) is 13.2 Å². The number of oxime groups is 1. The third-order valence-corrected chi connectivity index (χ3v) is 4.94. The van der Waals surface area contributed by atoms with Gasteiger partial charge in [-0.3, -0.25) is 9.59 Å². The zero-order valence-electron chi connectivity index (χ0n) is 15.6. The molecule has 1 aromatic carbocycles. The fourth-order valence-electron chi connectivity index (χ4n) is 2.41. The van der Waals surface area contributed by atoms with Crippen molar-refractivity contribution in [3.05, 3.63) is 40.8 Å². The number of thioether (sulfide) groups is 1. The monoisotopic (exact) mass is 445 g/mol. The number of hydrogen-bond acceptors (Lipinski definition) is 8. The fourth-order valence-corrected chi connectivity index (χ4v) is 3.28. The Kier molecular flexibility index (Phi) is 8.21. The molecule has 0 aliphatic rings. The molecular formula is C17H18F3N5O4S. The highest BCUT2D eigenvalue weighted by molar-refractivity contribution is 7.99. The van der Waals surface area contributed by atoms with E-state index in [0.717, 1.165) is 23.9 Å². The quantitative estimate of drug-likeness (QED) is 0.167. The summed E-state index contributed by atoms with van der Waals surface area (Å²) in [5, 5.41) is 22.6. The summed E-state index contributed by atoms with van der Waals surface area (Å²) in [4.78, 5) is 22.3. The maximum atomic E-state index is 13.5. The van der Waals surface area contributed by atoms with Gasteiger partial charge in [0, 0.05) is 18.2 Å². The van der Waals surface area contributed by atoms with Gasteiger partial charge in [0.05, 0.1) is 5.56 Å². The second kappa shape index (κ2) is 10.6. The highest BCUT2D eigenvalue weighted by atomic mass is 32.2. The first-order chi connectivity index (χ1) is 14.2. The van der Waals surface area contributed by atoms with Crippen LogP contribution in [-0.4, -0.2) is 44.8 Å². The molecule has 2 aromatic rings. The number of primary amides is 1. The summed E-state index contributed by atoms with van der Waals surface area (Å²) in [6.07, 6.45) is -3.57. The van der Waals surface area contributed by atoms with Crippen LogP contribution in [-0.2, 0) is 16.0 Å². The summed E-state index contributed by atoms with van der Waals surface area (Å²) >= 11 is 1.12. The van der Waals surface area contributed by atoms with Crippen LogP contribution >= 0.6 is 11.8 Å². The zero-order chi connectivity index (χ0) is 22.3. The van der Waals surface area contributed by atoms with Gasteiger partial charge in [-0.25, -0.2) is 17.8 Å². The maximum absolute atomic E-state index is 13.5. The van der Waals surface area contributed by atoms with Crippen molar-refractivity contribution in [3.63, 3.8) is 0 Å². The van der Waals surface area contributed by atoms with Gasteiger partial charge in [0.25, 0.3) is 6.43 Å². The Morgan fingerprint density at radius 3 is 2.73 bits per heavy atom. The van der Waals surface area contributed by atoms with Crippen LogP contribution in [0.5, 0.6) is 0 Å². The zero-order valence-corrected chi connectivity index (χ0v) is 16.5. The largest absolute Gasteiger partial charge is 0.411 e. The lowest BCUT2D eigenvalue weighted by Crippen LogP contribution is -2.36. The van der Waals surface area contributed by atoms with Crippen molar-refractivity contribution in [2.75, 3.05) is 5.75 Å². The predicted octanol–water partition coefficient (Wildman–Crippen LogP) is 2.04. The molecule has 0 unspecified atom stereocenters. The lowest BCUT2D eigenvalue weighted by Gasteiger charge is -2.12. The van der Waals surface area contributed by atoms with Gasteiger partial charge >= 0.3 is 0 Å². The second-order valence-corrected chi connectivity index (χ2v) is 7.23. The van der Waals surface area contributed by atoms with Crippen LogP contribution in [0.2, 0.25) is 0 Å². The number of nitrogens with zero attached hydrogens (tertiary/aromatic N) is 3. The number of alkyl halides is 2. The topological polar surface area (TPSA) is 144 Å². The van der Waals surface area contributed by atoms with Gasteiger partial charge in [-0.15, -0.1) is 0 Å². The van der Waals surface area contributed by atoms with E-state index in [0.29, 0.717) is 5.75 Å². The predicted molar refractivity (Wildman–Crippen MR) is 99.8 cm³/mol. The molecule has 0 radical (unpaired) electrons. The first-order valence-corrected chi connectivity index (χ1v) is 9.50. The Hall–Kier alpha value is -3.09. The summed E-state index contributed by atoms with van der Waals surface area (Å²) in [6, 6.07) is 2.79. The molecule has 0 aliphatic heterocycles. The van der Waals surface area contributed by atoms with Crippen LogP contribution in [0.1, 0.15) is 36.6 Å². The van der Waals surface area contributed by atoms with Crippen molar-refractivity contribution in [3.8, 4) is 0 Å². The Balaban J connectivity index is 2.06. The first-order valence-electron chi connectivity index (χ1n) is 8.52. The molecular weight excluding hydrogens is 427 g/mol. The van der Waals surface area contributed by atoms with E-state index in [9.17, 15) is 28.0 Å². The van der Waals surface area contributed by atoms with Crippen molar-refractivity contribution in [2.45, 2.75) is 37.3 Å². The number of halogens is 3. The number of nitrogens with two attached hydrogens (primary N) is 1. The van der Waals surface area contributed by atoms with E-state index in [-0.39, 0.29) is 34.5 Å². The van der Waals surface area contributed by atoms with Crippen LogP contribution < -0.4 is 11.1 Å². The van der Waals surface area contributed by atoms with Crippen LogP contribution in [0.3, 0.4) is 0 Å². The number of carbonyl (C=O) groups excluding carboxylic acids is 2. The molecule has 13 heteroatoms. The number of hydrogen-bond donors (Lipinski definition) is 3. The molecule has 2 rings (SSSR count). The minimum absolute atomic E-state index is 0.0315. The van der Waals surface area contributed by atoms with Gasteiger partial charge in [0.2, 0.25) is 11.8 Å². The normalized spacial score (nSPS) is 12.8. The summed E-state index contributed by atoms with van der Waals surface area (Å²) in [5.41, 5.74) is 4.49. The smallest absolute Gasteiger partial charge is 0.266 e. The molecule has 0 spiro atoms. The van der Waals surface area contributed by atoms with E-state index in [1.165, 1.54) is 6.07 Å². The Morgan fingerprint density at radius 2 is 2.10 bits per heavy atom. The molecule has 30 heavy (non-hydrogen) atoms. The average Bonchev–Trinajstić information content (AvgIpc) is 3.13. The third-order valence-electron chi connectivity index (χ3n) is 3.73. The maximum Gasteiger partial charge on any atom is 0.266 e. The van der Waals surface area contributed by atoms with E-state index in [1.807, 2.05) is 0 Å². The number of carbonyl (C=O) groups is 2. The number of rotatable bonds is 10. The van der Waals surface area contributed by atoms with Crippen molar-refractivity contribution >= 4 is 29.3 Å². The van der Waals surface area contributed by atoms with Gasteiger partial charge < -0.3 is 16.3 Å². The molecule has 1 atom stereocenters. The minimum Gasteiger partial charge on any atom is -0.411 e. The van der Waals surface area contributed by atoms with Gasteiger partial charge in [0.1, 0.15) is 17.9 Å². The van der Waals surface area contributed by atoms with Crippen LogP contribution in [0.25, 0.3) is 0 Å². The van der Waals surface area contributed by atoms with Gasteiger partial charge in [-0.05, 0) is 34.9 Å². The third kappa shape index (κ3) is 6.47. The van der Waals surface area contributed by atoms with Crippen molar-refractivity contribution in [1.82, 2.24) is 15.6 Å². The van der Waals surface area contributed by atoms with E-state index in [4.69, 9.17) is 5.73 Å². The molecule has 0 aliphatic carbocycles. The van der Waals surface area contributed by atoms with E-state index in [2.05, 4.69) is 25.4 Å². The number of benzene rings is 1. The number of nitrogens with one attached hydrogen (secondary N) is 1. The lowest BCUT2D eigenvalue weighted by molar-refractivity contribution is -0.127. The summed E-state index contributed by atoms with van der Waals surface area (Å²) < 4.78 is 43.9. The first kappa shape index (κ1) is 23.2. The fraction of sp³-hybridized carbons (Fsp3) is 0.353. The minimum atomic E-state index is -2.99. The molecule has 2 amide bonds. The Morgan fingerprint density at radius 1 is 1.37 bits per heavy atom. The molecule has 0 fully saturated rings. The average molecular weight is 445 g/mol. The Labute approximate surface area is 172 Å². The standard InChI is InChI=1S/C17H18F3N5O4S/c1-8(22-14(27)6-13(21)26)7-30-17-15(24-29-25-17)12(23-28)5-9-2-3-11(18)10(4-9)16(19)20/h2-4,8,16,28H,5-7H2,1H3,(H2,21,26)(H,22,27)/t8-/m0/s1. The van der Waals surface area contributed by atoms with Gasteiger partial charge in [-0.1, -0.05) is 23.0 Å². The molecule has 0 saturated carbocycles. The van der Waals surface area contributed by atoms with Crippen LogP contribution in [0, 0.1) is 5.82 Å². The summed E-state index contributed by atoms with van der Waals surface area (Å²) in [7, 11) is 0. The second-order valence-electron chi connectivity index (χ2n) is 6.22. The molecule has 0 saturated heterocycles. The molecule has 1 heterocycles. The van der Waals surface area contributed by atoms with Crippen molar-refractivity contribution in [2.24, 2.45) is 10.9 Å². The molecule has 162 valence electrons. The van der Waals surface area contributed by atoms with Crippen molar-refractivity contribution in [1.29, 1.82) is 0 Å². The molecule has 1 aromatic heterocycles. The van der Waals surface area contributed by atoms with Gasteiger partial charge in [-0.2, -0.15) is 0 Å². The molecule has 4 N–H and O–H groups in total. The van der Waals surface area contributed by atoms with E-state index < -0.39 is 36.0 Å². The SMILES string of the molecule is C[C@@H](CSc1nonc1C(Cc1ccc(F)c(C(F)F)c1)=NO)NC(=O)CC(N)=O. The lowest BCUT2D eigenvalue weighted by atomic mass is 10.0. The summed E-state index contributed by atoms with van der Waals surface area (Å²) in [6.45, 7) is 1.69. The number of amides is 2. The van der Waals surface area contributed by atoms with E-state index >= 15 is 0 Å². The van der Waals surface area contributed by atoms with Gasteiger partial charge in [0.15, 0.2) is 10.7 Å². The van der Waals surface area contributed by atoms with E-state index in [1.54, 1.807) is 6.92 Å². The van der Waals surface area contributed by atoms with Crippen molar-refractivity contribution < 1.29 is 32.6 Å². The highest BCUT2D eigenvalue weighted by Crippen LogP contribution is 2.25. The Bertz CT molecular complexity index is 938. The summed E-state index contributed by atoms with van der Waals surface area (Å²) in [5.74, 6) is -2.02.